The van der Waals surface area contributed by atoms with E-state index in [1.54, 1.807) is 12.1 Å². The summed E-state index contributed by atoms with van der Waals surface area (Å²) in [5.74, 6) is 1.53. The average molecular weight is 332 g/mol. The minimum Gasteiger partial charge on any atom is -0.354 e. The van der Waals surface area contributed by atoms with E-state index in [4.69, 9.17) is 11.6 Å². The number of rotatable bonds is 6. The molecule has 2 heterocycles. The number of anilines is 1. The lowest BCUT2D eigenvalue weighted by Gasteiger charge is -2.25. The van der Waals surface area contributed by atoms with Crippen molar-refractivity contribution in [3.63, 3.8) is 0 Å². The lowest BCUT2D eigenvalue weighted by molar-refractivity contribution is 0.520. The topological polar surface area (TPSA) is 53.5 Å². The normalized spacial score (nSPS) is 19.4. The van der Waals surface area contributed by atoms with Gasteiger partial charge in [0.15, 0.2) is 0 Å². The highest BCUT2D eigenvalue weighted by Gasteiger charge is 2.25. The van der Waals surface area contributed by atoms with Crippen molar-refractivity contribution in [2.75, 3.05) is 31.4 Å². The van der Waals surface area contributed by atoms with Crippen LogP contribution in [0.2, 0.25) is 0 Å². The van der Waals surface area contributed by atoms with E-state index in [1.807, 2.05) is 0 Å². The van der Waals surface area contributed by atoms with Crippen molar-refractivity contribution in [3.05, 3.63) is 18.3 Å². The van der Waals surface area contributed by atoms with E-state index in [1.165, 1.54) is 24.6 Å². The number of pyridine rings is 1. The summed E-state index contributed by atoms with van der Waals surface area (Å²) in [5, 5.41) is 0. The van der Waals surface area contributed by atoms with E-state index < -0.39 is 10.0 Å². The number of hydrogen-bond donors (Lipinski definition) is 0. The van der Waals surface area contributed by atoms with Crippen LogP contribution in [0.1, 0.15) is 25.7 Å². The third-order valence-electron chi connectivity index (χ3n) is 3.84. The van der Waals surface area contributed by atoms with Crippen LogP contribution in [0.15, 0.2) is 23.2 Å². The van der Waals surface area contributed by atoms with Crippen LogP contribution < -0.4 is 4.90 Å². The lowest BCUT2D eigenvalue weighted by atomic mass is 10.1. The van der Waals surface area contributed by atoms with Gasteiger partial charge in [0.25, 0.3) is 0 Å². The van der Waals surface area contributed by atoms with E-state index in [0.717, 1.165) is 38.0 Å². The van der Waals surface area contributed by atoms with Crippen molar-refractivity contribution in [2.45, 2.75) is 36.6 Å². The van der Waals surface area contributed by atoms with Crippen LogP contribution in [0.25, 0.3) is 0 Å². The van der Waals surface area contributed by atoms with Crippen LogP contribution in [-0.4, -0.2) is 50.3 Å². The van der Waals surface area contributed by atoms with E-state index in [9.17, 15) is 8.42 Å². The Balaban J connectivity index is 2.15. The van der Waals surface area contributed by atoms with Crippen molar-refractivity contribution in [3.8, 4) is 0 Å². The molecule has 0 N–H and O–H groups in total. The molecule has 0 bridgehead atoms. The average Bonchev–Trinajstić information content (AvgIpc) is 2.93. The zero-order chi connectivity index (χ0) is 15.5. The van der Waals surface area contributed by atoms with Gasteiger partial charge in [0, 0.05) is 38.8 Å². The molecule has 1 unspecified atom stereocenters. The Labute approximate surface area is 132 Å². The van der Waals surface area contributed by atoms with Crippen molar-refractivity contribution >= 4 is 27.4 Å². The van der Waals surface area contributed by atoms with Gasteiger partial charge in [0.05, 0.1) is 0 Å². The molecule has 1 fully saturated rings. The molecule has 21 heavy (non-hydrogen) atoms. The molecule has 7 heteroatoms. The summed E-state index contributed by atoms with van der Waals surface area (Å²) in [6, 6.07) is 3.90. The predicted molar refractivity (Wildman–Crippen MR) is 85.4 cm³/mol. The van der Waals surface area contributed by atoms with Gasteiger partial charge >= 0.3 is 0 Å². The summed E-state index contributed by atoms with van der Waals surface area (Å²) in [5.41, 5.74) is 0. The largest absolute Gasteiger partial charge is 0.354 e. The van der Waals surface area contributed by atoms with Crippen LogP contribution in [0.5, 0.6) is 0 Å². The summed E-state index contributed by atoms with van der Waals surface area (Å²) in [7, 11) is -0.371. The molecule has 1 aromatic rings. The fraction of sp³-hybridized carbons (Fsp3) is 0.643. The number of hydrogen-bond acceptors (Lipinski definition) is 4. The standard InChI is InChI=1S/C14H22ClN3O2S/c1-17(2)21(19,20)13-7-8-14(16-11-13)18-10-4-6-12(18)5-3-9-15/h7-8,11-12H,3-6,9-10H2,1-2H3. The number of nitrogens with zero attached hydrogens (tertiary/aromatic N) is 3. The van der Waals surface area contributed by atoms with Gasteiger partial charge in [0.1, 0.15) is 10.7 Å². The molecule has 0 amide bonds. The zero-order valence-corrected chi connectivity index (χ0v) is 14.1. The first kappa shape index (κ1) is 16.5. The monoisotopic (exact) mass is 331 g/mol. The predicted octanol–water partition coefficient (Wildman–Crippen LogP) is 2.32. The molecule has 1 aromatic heterocycles. The Morgan fingerprint density at radius 3 is 2.76 bits per heavy atom. The first-order valence-corrected chi connectivity index (χ1v) is 9.15. The molecule has 1 saturated heterocycles. The van der Waals surface area contributed by atoms with Crippen molar-refractivity contribution in [2.24, 2.45) is 0 Å². The second-order valence-corrected chi connectivity index (χ2v) is 7.99. The first-order valence-electron chi connectivity index (χ1n) is 7.18. The number of sulfonamides is 1. The number of aromatic nitrogens is 1. The Morgan fingerprint density at radius 1 is 1.43 bits per heavy atom. The first-order chi connectivity index (χ1) is 9.96. The lowest BCUT2D eigenvalue weighted by Crippen LogP contribution is -2.30. The third kappa shape index (κ3) is 3.67. The van der Waals surface area contributed by atoms with Gasteiger partial charge in [-0.25, -0.2) is 17.7 Å². The second kappa shape index (κ2) is 6.94. The highest BCUT2D eigenvalue weighted by molar-refractivity contribution is 7.89. The van der Waals surface area contributed by atoms with Crippen molar-refractivity contribution in [1.29, 1.82) is 0 Å². The fourth-order valence-corrected chi connectivity index (χ4v) is 3.66. The minimum atomic E-state index is -3.41. The van der Waals surface area contributed by atoms with Gasteiger partial charge < -0.3 is 4.90 Å². The quantitative estimate of drug-likeness (QED) is 0.751. The molecule has 0 radical (unpaired) electrons. The Morgan fingerprint density at radius 2 is 2.19 bits per heavy atom. The maximum Gasteiger partial charge on any atom is 0.244 e. The molecule has 0 aliphatic carbocycles. The van der Waals surface area contributed by atoms with Gasteiger partial charge in [-0.05, 0) is 37.8 Å². The van der Waals surface area contributed by atoms with Gasteiger partial charge in [-0.15, -0.1) is 11.6 Å². The van der Waals surface area contributed by atoms with Gasteiger partial charge in [-0.1, -0.05) is 0 Å². The number of alkyl halides is 1. The molecule has 2 rings (SSSR count). The van der Waals surface area contributed by atoms with Gasteiger partial charge in [-0.2, -0.15) is 0 Å². The zero-order valence-electron chi connectivity index (χ0n) is 12.5. The molecular weight excluding hydrogens is 310 g/mol. The molecule has 0 aromatic carbocycles. The molecule has 0 saturated carbocycles. The molecule has 5 nitrogen and oxygen atoms in total. The summed E-state index contributed by atoms with van der Waals surface area (Å²) >= 11 is 5.77. The van der Waals surface area contributed by atoms with Crippen LogP contribution in [0.3, 0.4) is 0 Å². The summed E-state index contributed by atoms with van der Waals surface area (Å²) < 4.78 is 25.3. The van der Waals surface area contributed by atoms with E-state index >= 15 is 0 Å². The highest BCUT2D eigenvalue weighted by atomic mass is 35.5. The van der Waals surface area contributed by atoms with Gasteiger partial charge in [0.2, 0.25) is 10.0 Å². The molecule has 1 aliphatic rings. The Kier molecular flexibility index (Phi) is 5.46. The Bertz CT molecular complexity index is 560. The second-order valence-electron chi connectivity index (χ2n) is 5.46. The van der Waals surface area contributed by atoms with Crippen molar-refractivity contribution in [1.82, 2.24) is 9.29 Å². The molecule has 0 spiro atoms. The highest BCUT2D eigenvalue weighted by Crippen LogP contribution is 2.27. The molecule has 1 atom stereocenters. The van der Waals surface area contributed by atoms with Crippen LogP contribution in [0, 0.1) is 0 Å². The molecular formula is C14H22ClN3O2S. The summed E-state index contributed by atoms with van der Waals surface area (Å²) in [6.07, 6.45) is 5.79. The third-order valence-corrected chi connectivity index (χ3v) is 5.91. The maximum absolute atomic E-state index is 12.0. The van der Waals surface area contributed by atoms with Crippen LogP contribution in [-0.2, 0) is 10.0 Å². The molecule has 1 aliphatic heterocycles. The van der Waals surface area contributed by atoms with E-state index in [2.05, 4.69) is 9.88 Å². The summed E-state index contributed by atoms with van der Waals surface area (Å²) in [6.45, 7) is 0.972. The number of halogens is 1. The van der Waals surface area contributed by atoms with Gasteiger partial charge in [-0.3, -0.25) is 0 Å². The smallest absolute Gasteiger partial charge is 0.244 e. The maximum atomic E-state index is 12.0. The molecule has 118 valence electrons. The minimum absolute atomic E-state index is 0.229. The SMILES string of the molecule is CN(C)S(=O)(=O)c1ccc(N2CCCC2CCCCl)nc1. The Hall–Kier alpha value is -0.850. The van der Waals surface area contributed by atoms with Crippen LogP contribution in [0.4, 0.5) is 5.82 Å². The van der Waals surface area contributed by atoms with E-state index in [0.29, 0.717) is 11.9 Å². The van der Waals surface area contributed by atoms with Crippen molar-refractivity contribution < 1.29 is 8.42 Å². The van der Waals surface area contributed by atoms with Crippen LogP contribution >= 0.6 is 11.6 Å². The fourth-order valence-electron chi connectivity index (χ4n) is 2.66. The van der Waals surface area contributed by atoms with E-state index in [-0.39, 0.29) is 4.90 Å². The summed E-state index contributed by atoms with van der Waals surface area (Å²) in [4.78, 5) is 6.85.